The molecule has 0 radical (unpaired) electrons. The quantitative estimate of drug-likeness (QED) is 0.619. The van der Waals surface area contributed by atoms with Crippen LogP contribution in [0.4, 0.5) is 5.95 Å². The van der Waals surface area contributed by atoms with E-state index in [0.29, 0.717) is 17.0 Å². The topological polar surface area (TPSA) is 81.2 Å². The molecule has 0 bridgehead atoms. The van der Waals surface area contributed by atoms with Crippen LogP contribution in [0.5, 0.6) is 11.6 Å². The molecule has 0 saturated carbocycles. The van der Waals surface area contributed by atoms with Crippen LogP contribution in [0.1, 0.15) is 32.0 Å². The van der Waals surface area contributed by atoms with Gasteiger partial charge in [-0.15, -0.1) is 0 Å². The van der Waals surface area contributed by atoms with E-state index in [2.05, 4.69) is 21.3 Å². The van der Waals surface area contributed by atoms with E-state index in [4.69, 9.17) is 4.74 Å². The first-order valence-corrected chi connectivity index (χ1v) is 10.5. The lowest BCUT2D eigenvalue weighted by molar-refractivity contribution is 0.454. The average molecular weight is 410 g/mol. The number of para-hydroxylation sites is 1. The van der Waals surface area contributed by atoms with Gasteiger partial charge in [-0.2, -0.15) is 4.98 Å². The van der Waals surface area contributed by atoms with Crippen molar-refractivity contribution in [3.63, 3.8) is 0 Å². The zero-order valence-corrected chi connectivity index (χ0v) is 17.4. The van der Waals surface area contributed by atoms with Crippen LogP contribution in [0.15, 0.2) is 72.1 Å². The van der Waals surface area contributed by atoms with Crippen molar-refractivity contribution in [1.29, 1.82) is 0 Å². The van der Waals surface area contributed by atoms with Crippen molar-refractivity contribution in [2.45, 2.75) is 31.1 Å². The Labute approximate surface area is 171 Å². The van der Waals surface area contributed by atoms with Crippen LogP contribution in [0.2, 0.25) is 0 Å². The summed E-state index contributed by atoms with van der Waals surface area (Å²) in [7, 11) is -3.84. The smallest absolute Gasteiger partial charge is 0.264 e. The van der Waals surface area contributed by atoms with Crippen LogP contribution < -0.4 is 9.46 Å². The minimum absolute atomic E-state index is 0.0599. The molecule has 6 nitrogen and oxygen atoms in total. The van der Waals surface area contributed by atoms with Crippen LogP contribution in [-0.4, -0.2) is 18.4 Å². The summed E-state index contributed by atoms with van der Waals surface area (Å²) in [6, 6.07) is 17.2. The van der Waals surface area contributed by atoms with Crippen LogP contribution in [0, 0.1) is 0 Å². The second-order valence-corrected chi connectivity index (χ2v) is 9.08. The minimum Gasteiger partial charge on any atom is -0.438 e. The highest BCUT2D eigenvalue weighted by Crippen LogP contribution is 2.34. The molecule has 2 aromatic carbocycles. The first-order chi connectivity index (χ1) is 13.7. The second-order valence-electron chi connectivity index (χ2n) is 7.40. The third-order valence-corrected chi connectivity index (χ3v) is 5.41. The fraction of sp³-hybridized carbons (Fsp3) is 0.182. The normalized spacial score (nSPS) is 11.7. The fourth-order valence-corrected chi connectivity index (χ4v) is 3.67. The first-order valence-electron chi connectivity index (χ1n) is 9.06. The summed E-state index contributed by atoms with van der Waals surface area (Å²) >= 11 is 0. The number of sulfonamides is 1. The fourth-order valence-electron chi connectivity index (χ4n) is 2.71. The summed E-state index contributed by atoms with van der Waals surface area (Å²) in [4.78, 5) is 8.93. The largest absolute Gasteiger partial charge is 0.438 e. The van der Waals surface area contributed by atoms with Gasteiger partial charge in [0.2, 0.25) is 11.8 Å². The second kappa shape index (κ2) is 8.05. The molecule has 29 heavy (non-hydrogen) atoms. The first kappa shape index (κ1) is 20.5. The molecule has 3 rings (SSSR count). The van der Waals surface area contributed by atoms with E-state index in [0.717, 1.165) is 0 Å². The van der Waals surface area contributed by atoms with Gasteiger partial charge in [0.1, 0.15) is 5.75 Å². The summed E-state index contributed by atoms with van der Waals surface area (Å²) in [6.45, 7) is 9.79. The van der Waals surface area contributed by atoms with Gasteiger partial charge >= 0.3 is 0 Å². The number of anilines is 1. The van der Waals surface area contributed by atoms with Crippen molar-refractivity contribution < 1.29 is 13.2 Å². The number of rotatable bonds is 6. The van der Waals surface area contributed by atoms with Crippen LogP contribution in [-0.2, 0) is 15.4 Å². The number of nitrogens with one attached hydrogen (secondary N) is 1. The van der Waals surface area contributed by atoms with E-state index >= 15 is 0 Å². The lowest BCUT2D eigenvalue weighted by Gasteiger charge is -2.23. The van der Waals surface area contributed by atoms with Gasteiger partial charge in [-0.25, -0.2) is 18.1 Å². The average Bonchev–Trinajstić information content (AvgIpc) is 2.68. The molecular formula is C22H23N3O3S. The molecule has 0 aliphatic heterocycles. The van der Waals surface area contributed by atoms with Gasteiger partial charge in [0.15, 0.2) is 0 Å². The van der Waals surface area contributed by atoms with Crippen molar-refractivity contribution in [2.24, 2.45) is 0 Å². The molecule has 0 aliphatic rings. The van der Waals surface area contributed by atoms with Crippen molar-refractivity contribution in [2.75, 3.05) is 4.72 Å². The van der Waals surface area contributed by atoms with E-state index in [1.54, 1.807) is 36.4 Å². The lowest BCUT2D eigenvalue weighted by atomic mass is 9.88. The highest BCUT2D eigenvalue weighted by Gasteiger charge is 2.26. The molecule has 150 valence electrons. The summed E-state index contributed by atoms with van der Waals surface area (Å²) in [5, 5.41) is 0. The number of ether oxygens (including phenoxy) is 1. The van der Waals surface area contributed by atoms with Gasteiger partial charge in [-0.3, -0.25) is 0 Å². The molecule has 1 heterocycles. The lowest BCUT2D eigenvalue weighted by Crippen LogP contribution is -2.21. The molecule has 1 N–H and O–H groups in total. The number of nitrogens with zero attached hydrogens (tertiary/aromatic N) is 2. The molecule has 0 unspecified atom stereocenters. The molecule has 3 aromatic rings. The van der Waals surface area contributed by atoms with Gasteiger partial charge in [0.05, 0.1) is 16.2 Å². The summed E-state index contributed by atoms with van der Waals surface area (Å²) < 4.78 is 33.9. The number of hydrogen-bond acceptors (Lipinski definition) is 5. The van der Waals surface area contributed by atoms with Crippen molar-refractivity contribution >= 4 is 22.0 Å². The van der Waals surface area contributed by atoms with E-state index in [-0.39, 0.29) is 16.7 Å². The summed E-state index contributed by atoms with van der Waals surface area (Å²) in [6.07, 6.45) is 1.62. The molecule has 0 amide bonds. The Bertz CT molecular complexity index is 1110. The maximum absolute atomic E-state index is 12.7. The van der Waals surface area contributed by atoms with Gasteiger partial charge in [0, 0.05) is 5.41 Å². The molecule has 7 heteroatoms. The highest BCUT2D eigenvalue weighted by molar-refractivity contribution is 7.92. The molecule has 0 atom stereocenters. The van der Waals surface area contributed by atoms with E-state index in [1.165, 1.54) is 12.1 Å². The van der Waals surface area contributed by atoms with Gasteiger partial charge in [0.25, 0.3) is 10.0 Å². The zero-order chi connectivity index (χ0) is 21.1. The maximum atomic E-state index is 12.7. The number of aromatic nitrogens is 2. The Balaban J connectivity index is 2.10. The Morgan fingerprint density at radius 2 is 1.55 bits per heavy atom. The maximum Gasteiger partial charge on any atom is 0.264 e. The highest BCUT2D eigenvalue weighted by atomic mass is 32.2. The molecule has 1 aromatic heterocycles. The minimum atomic E-state index is -3.84. The third-order valence-electron chi connectivity index (χ3n) is 4.06. The van der Waals surface area contributed by atoms with Gasteiger partial charge < -0.3 is 4.74 Å². The molecular weight excluding hydrogens is 386 g/mol. The predicted octanol–water partition coefficient (Wildman–Crippen LogP) is 5.01. The Hall–Kier alpha value is -3.19. The monoisotopic (exact) mass is 409 g/mol. The SMILES string of the molecule is C=Cc1c(Oc2ccccc2)nc(NS(=O)(=O)c2ccccc2)nc1C(C)(C)C. The number of hydrogen-bond donors (Lipinski definition) is 1. The molecule has 0 aliphatic carbocycles. The van der Waals surface area contributed by atoms with Crippen LogP contribution in [0.3, 0.4) is 0 Å². The molecule has 0 saturated heterocycles. The van der Waals surface area contributed by atoms with Crippen molar-refractivity contribution in [3.05, 3.63) is 78.5 Å². The van der Waals surface area contributed by atoms with Crippen LogP contribution in [0.25, 0.3) is 6.08 Å². The van der Waals surface area contributed by atoms with E-state index in [1.807, 2.05) is 39.0 Å². The van der Waals surface area contributed by atoms with Gasteiger partial charge in [-0.1, -0.05) is 69.8 Å². The van der Waals surface area contributed by atoms with Crippen molar-refractivity contribution in [1.82, 2.24) is 9.97 Å². The van der Waals surface area contributed by atoms with Gasteiger partial charge in [-0.05, 0) is 24.3 Å². The van der Waals surface area contributed by atoms with Crippen LogP contribution >= 0.6 is 0 Å². The van der Waals surface area contributed by atoms with E-state index in [9.17, 15) is 8.42 Å². The summed E-state index contributed by atoms with van der Waals surface area (Å²) in [5.74, 6) is 0.748. The predicted molar refractivity (Wildman–Crippen MR) is 115 cm³/mol. The number of benzene rings is 2. The Morgan fingerprint density at radius 1 is 0.966 bits per heavy atom. The Morgan fingerprint density at radius 3 is 2.10 bits per heavy atom. The molecule has 0 spiro atoms. The molecule has 0 fully saturated rings. The zero-order valence-electron chi connectivity index (χ0n) is 16.6. The standard InChI is InChI=1S/C22H23N3O3S/c1-5-18-19(22(2,3)4)23-21(24-20(18)28-16-12-8-6-9-13-16)25-29(26,27)17-14-10-7-11-15-17/h5-15H,1H2,2-4H3,(H,23,24,25). The van der Waals surface area contributed by atoms with E-state index < -0.39 is 15.4 Å². The van der Waals surface area contributed by atoms with Crippen molar-refractivity contribution in [3.8, 4) is 11.6 Å². The Kier molecular flexibility index (Phi) is 5.70. The summed E-state index contributed by atoms with van der Waals surface area (Å²) in [5.41, 5.74) is 0.844. The third kappa shape index (κ3) is 4.81.